The molecular weight excluding hydrogens is 362 g/mol. The van der Waals surface area contributed by atoms with E-state index in [4.69, 9.17) is 0 Å². The highest BCUT2D eigenvalue weighted by molar-refractivity contribution is 7.11. The summed E-state index contributed by atoms with van der Waals surface area (Å²) in [5, 5.41) is 19.3. The van der Waals surface area contributed by atoms with E-state index in [2.05, 4.69) is 15.6 Å². The number of nitrogens with one attached hydrogen (secondary N) is 1. The molecule has 7 nitrogen and oxygen atoms in total. The van der Waals surface area contributed by atoms with Crippen LogP contribution in [0.4, 0.5) is 0 Å². The fourth-order valence-corrected chi connectivity index (χ4v) is 2.97. The van der Waals surface area contributed by atoms with E-state index in [1.54, 1.807) is 12.1 Å². The standard InChI is InChI=1S/C19H15N5O2S/c1-12-5-7-14(8-6-12)24-19(26)16(10-20)13(2)17(23-24)18(25)22-21-11-15-4-3-9-27-15/h3-9,11H,1-2H3,(H,22,25)/b21-11-. The van der Waals surface area contributed by atoms with E-state index in [1.807, 2.05) is 42.6 Å². The molecule has 0 saturated heterocycles. The number of hydrogen-bond donors (Lipinski definition) is 1. The average Bonchev–Trinajstić information content (AvgIpc) is 3.17. The molecule has 0 saturated carbocycles. The maximum absolute atomic E-state index is 12.6. The first-order chi connectivity index (χ1) is 13.0. The summed E-state index contributed by atoms with van der Waals surface area (Å²) in [5.41, 5.74) is 3.36. The highest BCUT2D eigenvalue weighted by Gasteiger charge is 2.20. The molecule has 1 amide bonds. The lowest BCUT2D eigenvalue weighted by Crippen LogP contribution is -2.31. The number of aromatic nitrogens is 2. The summed E-state index contributed by atoms with van der Waals surface area (Å²) in [5.74, 6) is -0.599. The Hall–Kier alpha value is -3.57. The molecule has 1 N–H and O–H groups in total. The van der Waals surface area contributed by atoms with E-state index >= 15 is 0 Å². The number of aryl methyl sites for hydroxylation is 1. The number of hydrazone groups is 1. The summed E-state index contributed by atoms with van der Waals surface area (Å²) >= 11 is 1.48. The molecule has 0 unspecified atom stereocenters. The van der Waals surface area contributed by atoms with E-state index in [1.165, 1.54) is 24.5 Å². The molecule has 0 atom stereocenters. The maximum Gasteiger partial charge on any atom is 0.292 e. The lowest BCUT2D eigenvalue weighted by atomic mass is 10.1. The van der Waals surface area contributed by atoms with Gasteiger partial charge in [0.1, 0.15) is 11.6 Å². The summed E-state index contributed by atoms with van der Waals surface area (Å²) in [4.78, 5) is 25.9. The van der Waals surface area contributed by atoms with Crippen LogP contribution in [0.25, 0.3) is 5.69 Å². The van der Waals surface area contributed by atoms with Gasteiger partial charge in [-0.2, -0.15) is 20.1 Å². The summed E-state index contributed by atoms with van der Waals surface area (Å²) in [7, 11) is 0. The quantitative estimate of drug-likeness (QED) is 0.558. The number of nitrogens with zero attached hydrogens (tertiary/aromatic N) is 4. The molecule has 0 aliphatic heterocycles. The Labute approximate surface area is 159 Å². The molecule has 134 valence electrons. The minimum Gasteiger partial charge on any atom is -0.266 e. The minimum atomic E-state index is -0.599. The predicted molar refractivity (Wildman–Crippen MR) is 103 cm³/mol. The lowest BCUT2D eigenvalue weighted by Gasteiger charge is -2.10. The van der Waals surface area contributed by atoms with Crippen molar-refractivity contribution in [2.24, 2.45) is 5.10 Å². The van der Waals surface area contributed by atoms with E-state index in [-0.39, 0.29) is 16.8 Å². The minimum absolute atomic E-state index is 0.0324. The van der Waals surface area contributed by atoms with Crippen molar-refractivity contribution in [3.05, 3.63) is 79.4 Å². The van der Waals surface area contributed by atoms with E-state index in [9.17, 15) is 14.9 Å². The van der Waals surface area contributed by atoms with Crippen LogP contribution in [0.5, 0.6) is 0 Å². The third kappa shape index (κ3) is 3.83. The zero-order valence-electron chi connectivity index (χ0n) is 14.6. The number of rotatable bonds is 4. The molecule has 0 fully saturated rings. The van der Waals surface area contributed by atoms with Gasteiger partial charge in [-0.25, -0.2) is 5.43 Å². The highest BCUT2D eigenvalue weighted by Crippen LogP contribution is 2.11. The topological polar surface area (TPSA) is 100 Å². The second-order valence-electron chi connectivity index (χ2n) is 5.73. The molecule has 0 aliphatic rings. The molecule has 0 spiro atoms. The van der Waals surface area contributed by atoms with Gasteiger partial charge in [-0.05, 0) is 37.4 Å². The third-order valence-electron chi connectivity index (χ3n) is 3.84. The molecule has 0 aliphatic carbocycles. The van der Waals surface area contributed by atoms with Crippen LogP contribution in [0.3, 0.4) is 0 Å². The third-order valence-corrected chi connectivity index (χ3v) is 4.65. The predicted octanol–water partition coefficient (Wildman–Crippen LogP) is 2.55. The van der Waals surface area contributed by atoms with Crippen LogP contribution in [0.2, 0.25) is 0 Å². The molecular formula is C19H15N5O2S. The maximum atomic E-state index is 12.6. The Morgan fingerprint density at radius 2 is 2.04 bits per heavy atom. The SMILES string of the molecule is Cc1ccc(-n2nc(C(=O)N/N=C\c3cccs3)c(C)c(C#N)c2=O)cc1. The molecule has 0 bridgehead atoms. The van der Waals surface area contributed by atoms with Crippen molar-refractivity contribution in [3.63, 3.8) is 0 Å². The van der Waals surface area contributed by atoms with Gasteiger partial charge in [0.25, 0.3) is 11.5 Å². The second kappa shape index (κ2) is 7.76. The smallest absolute Gasteiger partial charge is 0.266 e. The van der Waals surface area contributed by atoms with Crippen LogP contribution in [0.1, 0.15) is 32.1 Å². The summed E-state index contributed by atoms with van der Waals surface area (Å²) in [6.07, 6.45) is 1.51. The number of nitriles is 1. The van der Waals surface area contributed by atoms with Gasteiger partial charge < -0.3 is 0 Å². The lowest BCUT2D eigenvalue weighted by molar-refractivity contribution is 0.0947. The number of hydrogen-bond acceptors (Lipinski definition) is 6. The van der Waals surface area contributed by atoms with Gasteiger partial charge in [0.15, 0.2) is 5.69 Å². The Morgan fingerprint density at radius 1 is 1.30 bits per heavy atom. The van der Waals surface area contributed by atoms with Gasteiger partial charge in [-0.15, -0.1) is 11.3 Å². The number of carbonyl (C=O) groups excluding carboxylic acids is 1. The first-order valence-corrected chi connectivity index (χ1v) is 8.87. The zero-order chi connectivity index (χ0) is 19.4. The zero-order valence-corrected chi connectivity index (χ0v) is 15.4. The fourth-order valence-electron chi connectivity index (χ4n) is 2.39. The molecule has 2 aromatic heterocycles. The van der Waals surface area contributed by atoms with Crippen LogP contribution in [0, 0.1) is 25.2 Å². The van der Waals surface area contributed by atoms with Crippen molar-refractivity contribution < 1.29 is 4.79 Å². The van der Waals surface area contributed by atoms with Crippen molar-refractivity contribution >= 4 is 23.5 Å². The molecule has 1 aromatic carbocycles. The van der Waals surface area contributed by atoms with Crippen LogP contribution >= 0.6 is 11.3 Å². The van der Waals surface area contributed by atoms with Gasteiger partial charge in [0.05, 0.1) is 11.9 Å². The molecule has 0 radical (unpaired) electrons. The van der Waals surface area contributed by atoms with Crippen molar-refractivity contribution in [3.8, 4) is 11.8 Å². The molecule has 8 heteroatoms. The Morgan fingerprint density at radius 3 is 2.67 bits per heavy atom. The van der Waals surface area contributed by atoms with Crippen molar-refractivity contribution in [1.82, 2.24) is 15.2 Å². The summed E-state index contributed by atoms with van der Waals surface area (Å²) in [6.45, 7) is 3.44. The Balaban J connectivity index is 2.00. The first kappa shape index (κ1) is 18.2. The molecule has 3 rings (SSSR count). The highest BCUT2D eigenvalue weighted by atomic mass is 32.1. The van der Waals surface area contributed by atoms with Crippen LogP contribution in [-0.4, -0.2) is 21.9 Å². The average molecular weight is 377 g/mol. The van der Waals surface area contributed by atoms with Crippen LogP contribution in [-0.2, 0) is 0 Å². The van der Waals surface area contributed by atoms with Crippen molar-refractivity contribution in [2.45, 2.75) is 13.8 Å². The number of thiophene rings is 1. The summed E-state index contributed by atoms with van der Waals surface area (Å²) in [6, 6.07) is 12.6. The molecule has 27 heavy (non-hydrogen) atoms. The molecule has 3 aromatic rings. The van der Waals surface area contributed by atoms with Crippen molar-refractivity contribution in [2.75, 3.05) is 0 Å². The van der Waals surface area contributed by atoms with E-state index < -0.39 is 11.5 Å². The number of benzene rings is 1. The van der Waals surface area contributed by atoms with Gasteiger partial charge in [-0.1, -0.05) is 23.8 Å². The Bertz CT molecular complexity index is 1110. The summed E-state index contributed by atoms with van der Waals surface area (Å²) < 4.78 is 1.06. The van der Waals surface area contributed by atoms with Crippen molar-refractivity contribution in [1.29, 1.82) is 5.26 Å². The van der Waals surface area contributed by atoms with Crippen LogP contribution in [0.15, 0.2) is 51.7 Å². The van der Waals surface area contributed by atoms with Gasteiger partial charge >= 0.3 is 0 Å². The largest absolute Gasteiger partial charge is 0.292 e. The molecule has 2 heterocycles. The number of carbonyl (C=O) groups is 1. The Kier molecular flexibility index (Phi) is 5.24. The first-order valence-electron chi connectivity index (χ1n) is 7.99. The van der Waals surface area contributed by atoms with E-state index in [0.717, 1.165) is 15.1 Å². The van der Waals surface area contributed by atoms with Gasteiger partial charge in [0.2, 0.25) is 0 Å². The van der Waals surface area contributed by atoms with E-state index in [0.29, 0.717) is 5.69 Å². The normalized spacial score (nSPS) is 10.7. The number of amides is 1. The fraction of sp³-hybridized carbons (Fsp3) is 0.105. The second-order valence-corrected chi connectivity index (χ2v) is 6.71. The monoisotopic (exact) mass is 377 g/mol. The van der Waals surface area contributed by atoms with Gasteiger partial charge in [0, 0.05) is 10.4 Å². The van der Waals surface area contributed by atoms with Gasteiger partial charge in [-0.3, -0.25) is 9.59 Å². The van der Waals surface area contributed by atoms with Crippen LogP contribution < -0.4 is 11.0 Å².